The molecule has 0 bridgehead atoms. The molecule has 2 saturated heterocycles. The second kappa shape index (κ2) is 10.7. The van der Waals surface area contributed by atoms with Crippen molar-refractivity contribution >= 4 is 62.8 Å². The fourth-order valence-corrected chi connectivity index (χ4v) is 8.31. The number of carboxylic acids is 1. The molecule has 0 spiro atoms. The predicted molar refractivity (Wildman–Crippen MR) is 157 cm³/mol. The standard InChI is InChI=1S/C31H27BrClFN2O8/c1-31-18(28(41)36(30(31)43)14-3-6-21(34)20(33)11-14)12-17-15(25(31)13-9-19(32)26(39)22(10-13)44-2)4-5-16-24(17)29(42)35(27(16)40)8-7-23(37)38/h3-4,6,9-11,16-18,24-25,39H,5,7-8,12H2,1-2H3,(H,37,38)/t16-,17+,18-,24-,25-,31+/m0/s1. The lowest BCUT2D eigenvalue weighted by atomic mass is 9.51. The van der Waals surface area contributed by atoms with Crippen LogP contribution in [0.3, 0.4) is 0 Å². The average Bonchev–Trinajstić information content (AvgIpc) is 3.34. The van der Waals surface area contributed by atoms with Gasteiger partial charge >= 0.3 is 5.97 Å². The highest BCUT2D eigenvalue weighted by Crippen LogP contribution is 2.64. The lowest BCUT2D eigenvalue weighted by Crippen LogP contribution is -2.48. The number of imide groups is 2. The highest BCUT2D eigenvalue weighted by molar-refractivity contribution is 9.10. The number of ether oxygens (including phenoxy) is 1. The molecule has 2 aliphatic heterocycles. The summed E-state index contributed by atoms with van der Waals surface area (Å²) >= 11 is 9.38. The zero-order valence-corrected chi connectivity index (χ0v) is 25.9. The molecular weight excluding hydrogens is 663 g/mol. The maximum Gasteiger partial charge on any atom is 0.305 e. The molecule has 6 atom stereocenters. The van der Waals surface area contributed by atoms with Crippen molar-refractivity contribution in [3.8, 4) is 11.5 Å². The van der Waals surface area contributed by atoms with Gasteiger partial charge in [0.2, 0.25) is 23.6 Å². The Labute approximate surface area is 264 Å². The Morgan fingerprint density at radius 1 is 1.14 bits per heavy atom. The number of benzene rings is 2. The van der Waals surface area contributed by atoms with Crippen LogP contribution >= 0.6 is 27.5 Å². The van der Waals surface area contributed by atoms with E-state index in [4.69, 9.17) is 16.3 Å². The molecule has 10 nitrogen and oxygen atoms in total. The van der Waals surface area contributed by atoms with E-state index in [1.165, 1.54) is 19.2 Å². The Morgan fingerprint density at radius 3 is 2.52 bits per heavy atom. The summed E-state index contributed by atoms with van der Waals surface area (Å²) in [6.07, 6.45) is 1.73. The number of halogens is 3. The highest BCUT2D eigenvalue weighted by Gasteiger charge is 2.67. The van der Waals surface area contributed by atoms with Crippen LogP contribution in [0.4, 0.5) is 10.1 Å². The van der Waals surface area contributed by atoms with E-state index in [1.54, 1.807) is 19.1 Å². The quantitative estimate of drug-likeness (QED) is 0.330. The van der Waals surface area contributed by atoms with Crippen molar-refractivity contribution in [1.29, 1.82) is 0 Å². The molecule has 1 saturated carbocycles. The number of nitrogens with zero attached hydrogens (tertiary/aromatic N) is 2. The highest BCUT2D eigenvalue weighted by atomic mass is 79.9. The third kappa shape index (κ3) is 4.28. The molecule has 0 radical (unpaired) electrons. The Hall–Kier alpha value is -3.77. The molecule has 4 amide bonds. The average molecular weight is 690 g/mol. The van der Waals surface area contributed by atoms with Crippen molar-refractivity contribution in [1.82, 2.24) is 4.90 Å². The number of phenols is 1. The van der Waals surface area contributed by atoms with Crippen LogP contribution < -0.4 is 9.64 Å². The summed E-state index contributed by atoms with van der Waals surface area (Å²) in [4.78, 5) is 68.9. The smallest absolute Gasteiger partial charge is 0.305 e. The van der Waals surface area contributed by atoms with Crippen molar-refractivity contribution < 1.29 is 43.3 Å². The topological polar surface area (TPSA) is 142 Å². The molecule has 230 valence electrons. The minimum Gasteiger partial charge on any atom is -0.503 e. The van der Waals surface area contributed by atoms with Crippen LogP contribution in [0.15, 0.2) is 46.5 Å². The minimum absolute atomic E-state index is 0.0815. The number of aromatic hydroxyl groups is 1. The number of methoxy groups -OCH3 is 1. The molecule has 6 rings (SSSR count). The lowest BCUT2D eigenvalue weighted by molar-refractivity contribution is -0.142. The molecule has 3 fully saturated rings. The summed E-state index contributed by atoms with van der Waals surface area (Å²) in [5.74, 6) is -7.85. The molecule has 44 heavy (non-hydrogen) atoms. The summed E-state index contributed by atoms with van der Waals surface area (Å²) in [6.45, 7) is 1.43. The van der Waals surface area contributed by atoms with E-state index in [0.29, 0.717) is 11.1 Å². The lowest BCUT2D eigenvalue weighted by Gasteiger charge is -2.49. The van der Waals surface area contributed by atoms with Crippen LogP contribution in [-0.2, 0) is 24.0 Å². The number of aliphatic carboxylic acids is 1. The first-order valence-electron chi connectivity index (χ1n) is 14.0. The van der Waals surface area contributed by atoms with Crippen LogP contribution in [0.1, 0.15) is 37.7 Å². The number of fused-ring (bicyclic) bond motifs is 4. The van der Waals surface area contributed by atoms with Gasteiger partial charge in [0.15, 0.2) is 11.5 Å². The van der Waals surface area contributed by atoms with E-state index in [-0.39, 0.29) is 46.1 Å². The van der Waals surface area contributed by atoms with Gasteiger partial charge in [-0.05, 0) is 77.5 Å². The first kappa shape index (κ1) is 30.3. The number of hydrogen-bond donors (Lipinski definition) is 2. The van der Waals surface area contributed by atoms with Gasteiger partial charge in [-0.25, -0.2) is 9.29 Å². The van der Waals surface area contributed by atoms with Crippen LogP contribution in [0.2, 0.25) is 5.02 Å². The van der Waals surface area contributed by atoms with E-state index in [9.17, 15) is 38.6 Å². The second-order valence-electron chi connectivity index (χ2n) is 11.8. The number of amides is 4. The molecule has 2 N–H and O–H groups in total. The first-order valence-corrected chi connectivity index (χ1v) is 15.1. The SMILES string of the molecule is COc1cc([C@H]2C3=CC[C@@H]4C(=O)N(CCC(=O)O)C(=O)[C@@H]4[C@@H]3C[C@H]3C(=O)N(c4ccc(F)c(Cl)c4)C(=O)[C@@]23C)cc(Br)c1O. The third-order valence-electron chi connectivity index (χ3n) is 9.68. The van der Waals surface area contributed by atoms with Gasteiger partial charge in [-0.2, -0.15) is 0 Å². The Morgan fingerprint density at radius 2 is 1.86 bits per heavy atom. The van der Waals surface area contributed by atoms with E-state index < -0.39 is 76.8 Å². The fourth-order valence-electron chi connectivity index (χ4n) is 7.67. The molecule has 2 heterocycles. The summed E-state index contributed by atoms with van der Waals surface area (Å²) in [6, 6.07) is 6.80. The fraction of sp³-hybridized carbons (Fsp3) is 0.387. The maximum atomic E-state index is 14.4. The van der Waals surface area contributed by atoms with E-state index >= 15 is 0 Å². The molecule has 4 aliphatic rings. The number of rotatable bonds is 6. The maximum absolute atomic E-state index is 14.4. The zero-order chi connectivity index (χ0) is 31.8. The van der Waals surface area contributed by atoms with Crippen molar-refractivity contribution in [3.05, 3.63) is 62.9 Å². The molecule has 13 heteroatoms. The number of phenolic OH excluding ortho intramolecular Hbond substituents is 1. The van der Waals surface area contributed by atoms with Gasteiger partial charge in [0, 0.05) is 12.5 Å². The minimum atomic E-state index is -1.39. The Balaban J connectivity index is 1.51. The van der Waals surface area contributed by atoms with Crippen molar-refractivity contribution in [3.63, 3.8) is 0 Å². The molecule has 2 aliphatic carbocycles. The van der Waals surface area contributed by atoms with Crippen molar-refractivity contribution in [2.45, 2.75) is 32.1 Å². The number of hydrogen-bond acceptors (Lipinski definition) is 7. The monoisotopic (exact) mass is 688 g/mol. The van der Waals surface area contributed by atoms with Gasteiger partial charge in [-0.1, -0.05) is 23.3 Å². The predicted octanol–water partition coefficient (Wildman–Crippen LogP) is 4.66. The molecule has 0 aromatic heterocycles. The number of allylic oxidation sites excluding steroid dienone is 2. The molecule has 2 aromatic rings. The number of anilines is 1. The Bertz CT molecular complexity index is 1700. The number of carboxylic acid groups (broad SMARTS) is 1. The Kier molecular flexibility index (Phi) is 7.35. The van der Waals surface area contributed by atoms with Crippen molar-refractivity contribution in [2.24, 2.45) is 29.1 Å². The summed E-state index contributed by atoms with van der Waals surface area (Å²) in [5, 5.41) is 19.5. The van der Waals surface area contributed by atoms with Crippen LogP contribution in [0, 0.1) is 34.9 Å². The first-order chi connectivity index (χ1) is 20.8. The normalized spacial score (nSPS) is 29.4. The van der Waals surface area contributed by atoms with E-state index in [0.717, 1.165) is 15.9 Å². The zero-order valence-electron chi connectivity index (χ0n) is 23.6. The summed E-state index contributed by atoms with van der Waals surface area (Å²) < 4.78 is 19.7. The van der Waals surface area contributed by atoms with Crippen LogP contribution in [0.25, 0.3) is 0 Å². The van der Waals surface area contributed by atoms with Crippen LogP contribution in [0.5, 0.6) is 11.5 Å². The van der Waals surface area contributed by atoms with E-state index in [1.807, 2.05) is 6.08 Å². The van der Waals surface area contributed by atoms with Gasteiger partial charge in [-0.3, -0.25) is 28.9 Å². The molecule has 0 unspecified atom stereocenters. The number of carbonyl (C=O) groups excluding carboxylic acids is 4. The number of likely N-dealkylation sites (tertiary alicyclic amines) is 1. The van der Waals surface area contributed by atoms with Gasteiger partial charge in [0.25, 0.3) is 0 Å². The van der Waals surface area contributed by atoms with Gasteiger partial charge < -0.3 is 14.9 Å². The molecular formula is C31H27BrClFN2O8. The number of carbonyl (C=O) groups is 5. The van der Waals surface area contributed by atoms with Crippen molar-refractivity contribution in [2.75, 3.05) is 18.6 Å². The van der Waals surface area contributed by atoms with Gasteiger partial charge in [0.05, 0.1) is 51.9 Å². The summed E-state index contributed by atoms with van der Waals surface area (Å²) in [5.41, 5.74) is -0.0467. The second-order valence-corrected chi connectivity index (χ2v) is 13.0. The van der Waals surface area contributed by atoms with Gasteiger partial charge in [0.1, 0.15) is 5.82 Å². The molecule has 2 aromatic carbocycles. The van der Waals surface area contributed by atoms with Gasteiger partial charge in [-0.15, -0.1) is 0 Å². The van der Waals surface area contributed by atoms with E-state index in [2.05, 4.69) is 15.9 Å². The van der Waals surface area contributed by atoms with Crippen LogP contribution in [-0.4, -0.2) is 58.4 Å². The largest absolute Gasteiger partial charge is 0.503 e. The third-order valence-corrected chi connectivity index (χ3v) is 10.6. The summed E-state index contributed by atoms with van der Waals surface area (Å²) in [7, 11) is 1.38.